The Morgan fingerprint density at radius 3 is 2.55 bits per heavy atom. The van der Waals surface area contributed by atoms with Crippen LogP contribution in [0.1, 0.15) is 15.9 Å². The minimum absolute atomic E-state index is 0.0598. The van der Waals surface area contributed by atoms with Gasteiger partial charge in [0.15, 0.2) is 11.5 Å². The molecule has 0 bridgehead atoms. The first-order chi connectivity index (χ1) is 15.0. The number of ether oxygens (including phenoxy) is 2. The zero-order chi connectivity index (χ0) is 22.4. The highest BCUT2D eigenvalue weighted by Crippen LogP contribution is 2.28. The summed E-state index contributed by atoms with van der Waals surface area (Å²) >= 11 is 0. The van der Waals surface area contributed by atoms with Crippen molar-refractivity contribution < 1.29 is 24.2 Å². The highest BCUT2D eigenvalue weighted by Gasteiger charge is 2.17. The molecule has 3 rings (SSSR count). The zero-order valence-corrected chi connectivity index (χ0v) is 17.6. The third kappa shape index (κ3) is 4.87. The number of fused-ring (bicyclic) bond motifs is 1. The summed E-state index contributed by atoms with van der Waals surface area (Å²) in [6.45, 7) is -0.144. The Kier molecular flexibility index (Phi) is 6.94. The Hall–Kier alpha value is -3.78. The van der Waals surface area contributed by atoms with Crippen molar-refractivity contribution in [2.24, 2.45) is 7.05 Å². The van der Waals surface area contributed by atoms with Crippen LogP contribution < -0.4 is 20.1 Å². The summed E-state index contributed by atoms with van der Waals surface area (Å²) in [4.78, 5) is 25.6. The Bertz CT molecular complexity index is 1130. The van der Waals surface area contributed by atoms with Gasteiger partial charge in [-0.1, -0.05) is 18.2 Å². The lowest BCUT2D eigenvalue weighted by molar-refractivity contribution is -0.117. The van der Waals surface area contributed by atoms with Gasteiger partial charge in [0.1, 0.15) is 5.70 Å². The van der Waals surface area contributed by atoms with Crippen LogP contribution in [0.2, 0.25) is 0 Å². The van der Waals surface area contributed by atoms with Gasteiger partial charge in [0.25, 0.3) is 11.8 Å². The van der Waals surface area contributed by atoms with Gasteiger partial charge in [-0.2, -0.15) is 0 Å². The number of aromatic nitrogens is 1. The number of para-hydroxylation sites is 1. The Labute approximate surface area is 180 Å². The van der Waals surface area contributed by atoms with Crippen LogP contribution in [0, 0.1) is 0 Å². The Morgan fingerprint density at radius 2 is 1.84 bits per heavy atom. The average molecular weight is 423 g/mol. The molecule has 162 valence electrons. The maximum absolute atomic E-state index is 12.9. The van der Waals surface area contributed by atoms with Crippen molar-refractivity contribution in [3.63, 3.8) is 0 Å². The van der Waals surface area contributed by atoms with Gasteiger partial charge < -0.3 is 29.8 Å². The smallest absolute Gasteiger partial charge is 0.267 e. The van der Waals surface area contributed by atoms with Crippen LogP contribution in [-0.2, 0) is 11.8 Å². The van der Waals surface area contributed by atoms with Crippen LogP contribution in [-0.4, -0.2) is 48.9 Å². The second-order valence-corrected chi connectivity index (χ2v) is 6.77. The molecule has 8 heteroatoms. The maximum atomic E-state index is 12.9. The van der Waals surface area contributed by atoms with Crippen molar-refractivity contribution in [2.75, 3.05) is 27.4 Å². The predicted octanol–water partition coefficient (Wildman–Crippen LogP) is 2.07. The fourth-order valence-corrected chi connectivity index (χ4v) is 3.24. The second kappa shape index (κ2) is 9.82. The van der Waals surface area contributed by atoms with Gasteiger partial charge in [0, 0.05) is 41.8 Å². The summed E-state index contributed by atoms with van der Waals surface area (Å²) in [7, 11) is 4.90. The number of amides is 2. The molecule has 0 fully saturated rings. The molecule has 0 spiro atoms. The molecule has 0 saturated carbocycles. The molecule has 1 heterocycles. The number of nitrogens with zero attached hydrogens (tertiary/aromatic N) is 1. The first-order valence-electron chi connectivity index (χ1n) is 9.66. The number of hydrogen-bond acceptors (Lipinski definition) is 5. The monoisotopic (exact) mass is 423 g/mol. The summed E-state index contributed by atoms with van der Waals surface area (Å²) < 4.78 is 12.4. The van der Waals surface area contributed by atoms with E-state index < -0.39 is 11.8 Å². The van der Waals surface area contributed by atoms with Crippen molar-refractivity contribution in [1.82, 2.24) is 15.2 Å². The third-order valence-corrected chi connectivity index (χ3v) is 4.76. The number of aliphatic hydroxyl groups excluding tert-OH is 1. The van der Waals surface area contributed by atoms with E-state index in [2.05, 4.69) is 10.6 Å². The highest BCUT2D eigenvalue weighted by atomic mass is 16.5. The van der Waals surface area contributed by atoms with Crippen LogP contribution >= 0.6 is 0 Å². The van der Waals surface area contributed by atoms with E-state index in [9.17, 15) is 9.59 Å². The van der Waals surface area contributed by atoms with Crippen LogP contribution in [0.5, 0.6) is 11.5 Å². The largest absolute Gasteiger partial charge is 0.493 e. The Morgan fingerprint density at radius 1 is 1.10 bits per heavy atom. The fraction of sp³-hybridized carbons (Fsp3) is 0.217. The fourth-order valence-electron chi connectivity index (χ4n) is 3.24. The minimum Gasteiger partial charge on any atom is -0.493 e. The first-order valence-corrected chi connectivity index (χ1v) is 9.66. The van der Waals surface area contributed by atoms with Gasteiger partial charge in [-0.25, -0.2) is 0 Å². The molecule has 3 N–H and O–H groups in total. The van der Waals surface area contributed by atoms with E-state index in [-0.39, 0.29) is 18.8 Å². The number of benzene rings is 2. The number of hydrogen-bond donors (Lipinski definition) is 3. The van der Waals surface area contributed by atoms with Gasteiger partial charge in [-0.3, -0.25) is 9.59 Å². The SMILES string of the molecule is COc1ccc(C(=O)N/C(=C\c2cn(C)c3ccccc23)C(=O)NCCO)cc1OC. The lowest BCUT2D eigenvalue weighted by atomic mass is 10.1. The number of nitrogens with one attached hydrogen (secondary N) is 2. The number of aryl methyl sites for hydroxylation is 1. The summed E-state index contributed by atoms with van der Waals surface area (Å²) in [6.07, 6.45) is 3.50. The zero-order valence-electron chi connectivity index (χ0n) is 17.6. The molecular weight excluding hydrogens is 398 g/mol. The molecule has 0 unspecified atom stereocenters. The van der Waals surface area contributed by atoms with Crippen LogP contribution in [0.15, 0.2) is 54.4 Å². The van der Waals surface area contributed by atoms with Crippen molar-refractivity contribution >= 4 is 28.8 Å². The molecule has 0 radical (unpaired) electrons. The van der Waals surface area contributed by atoms with E-state index in [4.69, 9.17) is 14.6 Å². The average Bonchev–Trinajstić information content (AvgIpc) is 3.11. The van der Waals surface area contributed by atoms with Crippen molar-refractivity contribution in [3.05, 3.63) is 65.5 Å². The van der Waals surface area contributed by atoms with Gasteiger partial charge in [0.05, 0.1) is 20.8 Å². The Balaban J connectivity index is 1.97. The van der Waals surface area contributed by atoms with E-state index in [1.165, 1.54) is 20.3 Å². The number of aliphatic hydroxyl groups is 1. The maximum Gasteiger partial charge on any atom is 0.267 e. The molecule has 31 heavy (non-hydrogen) atoms. The molecule has 0 aliphatic rings. The van der Waals surface area contributed by atoms with Crippen molar-refractivity contribution in [1.29, 1.82) is 0 Å². The molecule has 1 aromatic heterocycles. The molecule has 8 nitrogen and oxygen atoms in total. The normalized spacial score (nSPS) is 11.3. The summed E-state index contributed by atoms with van der Waals surface area (Å²) in [5.41, 5.74) is 2.14. The predicted molar refractivity (Wildman–Crippen MR) is 118 cm³/mol. The second-order valence-electron chi connectivity index (χ2n) is 6.77. The van der Waals surface area contributed by atoms with E-state index in [1.54, 1.807) is 18.2 Å². The molecule has 2 aromatic carbocycles. The van der Waals surface area contributed by atoms with Gasteiger partial charge in [-0.15, -0.1) is 0 Å². The summed E-state index contributed by atoms with van der Waals surface area (Å²) in [5, 5.41) is 15.2. The summed E-state index contributed by atoms with van der Waals surface area (Å²) in [6, 6.07) is 12.5. The molecule has 0 aliphatic heterocycles. The number of rotatable bonds is 8. The molecule has 2 amide bonds. The molecular formula is C23H25N3O5. The van der Waals surface area contributed by atoms with E-state index in [1.807, 2.05) is 42.1 Å². The highest BCUT2D eigenvalue weighted by molar-refractivity contribution is 6.06. The van der Waals surface area contributed by atoms with E-state index >= 15 is 0 Å². The van der Waals surface area contributed by atoms with E-state index in [0.29, 0.717) is 17.1 Å². The standard InChI is InChI=1S/C23H25N3O5/c1-26-14-16(17-6-4-5-7-19(17)26)12-18(23(29)24-10-11-27)25-22(28)15-8-9-20(30-2)21(13-15)31-3/h4-9,12-14,27H,10-11H2,1-3H3,(H,24,29)(H,25,28)/b18-12-. The first kappa shape index (κ1) is 21.9. The minimum atomic E-state index is -0.504. The topological polar surface area (TPSA) is 102 Å². The summed E-state index contributed by atoms with van der Waals surface area (Å²) in [5.74, 6) is -0.0897. The van der Waals surface area contributed by atoms with Crippen molar-refractivity contribution in [2.45, 2.75) is 0 Å². The van der Waals surface area contributed by atoms with Crippen LogP contribution in [0.4, 0.5) is 0 Å². The number of methoxy groups -OCH3 is 2. The van der Waals surface area contributed by atoms with Gasteiger partial charge in [0.2, 0.25) is 0 Å². The quantitative estimate of drug-likeness (QED) is 0.482. The molecule has 0 aliphatic carbocycles. The van der Waals surface area contributed by atoms with Gasteiger partial charge >= 0.3 is 0 Å². The van der Waals surface area contributed by atoms with Crippen molar-refractivity contribution in [3.8, 4) is 11.5 Å². The molecule has 0 saturated heterocycles. The lowest BCUT2D eigenvalue weighted by Crippen LogP contribution is -2.36. The number of carbonyl (C=O) groups excluding carboxylic acids is 2. The van der Waals surface area contributed by atoms with Gasteiger partial charge in [-0.05, 0) is 30.3 Å². The molecule has 0 atom stereocenters. The van der Waals surface area contributed by atoms with Crippen LogP contribution in [0.3, 0.4) is 0 Å². The van der Waals surface area contributed by atoms with E-state index in [0.717, 1.165) is 16.5 Å². The number of carbonyl (C=O) groups is 2. The molecule has 3 aromatic rings. The van der Waals surface area contributed by atoms with Crippen LogP contribution in [0.25, 0.3) is 17.0 Å². The lowest BCUT2D eigenvalue weighted by Gasteiger charge is -2.12. The third-order valence-electron chi connectivity index (χ3n) is 4.76.